The molecule has 1 heterocycles. The molecular weight excluding hydrogens is 370 g/mol. The second-order valence-corrected chi connectivity index (χ2v) is 6.34. The van der Waals surface area contributed by atoms with Gasteiger partial charge in [-0.3, -0.25) is 0 Å². The molecule has 0 bridgehead atoms. The zero-order valence-electron chi connectivity index (χ0n) is 15.3. The summed E-state index contributed by atoms with van der Waals surface area (Å²) < 4.78 is 16.0. The number of carbonyl (C=O) groups is 1. The monoisotopic (exact) mass is 385 g/mol. The van der Waals surface area contributed by atoms with Crippen LogP contribution in [0.25, 0.3) is 21.7 Å². The summed E-state index contributed by atoms with van der Waals surface area (Å²) >= 11 is 0. The largest absolute Gasteiger partial charge is 0.482 e. The van der Waals surface area contributed by atoms with Crippen LogP contribution >= 0.6 is 0 Å². The summed E-state index contributed by atoms with van der Waals surface area (Å²) in [5, 5.41) is 11.4. The minimum atomic E-state index is -0.573. The first-order valence-electron chi connectivity index (χ1n) is 8.87. The van der Waals surface area contributed by atoms with E-state index >= 15 is 0 Å². The van der Waals surface area contributed by atoms with E-state index in [0.717, 1.165) is 16.2 Å². The number of benzene rings is 3. The minimum Gasteiger partial charge on any atom is -0.482 e. The smallest absolute Gasteiger partial charge is 0.344 e. The van der Waals surface area contributed by atoms with Crippen molar-refractivity contribution in [1.82, 2.24) is 0 Å². The van der Waals surface area contributed by atoms with E-state index in [-0.39, 0.29) is 13.2 Å². The number of carbonyl (C=O) groups excluding carboxylic acids is 1. The maximum atomic E-state index is 12.1. The van der Waals surface area contributed by atoms with Crippen LogP contribution in [0.2, 0.25) is 0 Å². The first-order valence-corrected chi connectivity index (χ1v) is 8.87. The van der Waals surface area contributed by atoms with Crippen LogP contribution in [-0.4, -0.2) is 12.6 Å². The van der Waals surface area contributed by atoms with Crippen molar-refractivity contribution in [3.63, 3.8) is 0 Å². The average molecular weight is 385 g/mol. The average Bonchev–Trinajstić information content (AvgIpc) is 2.76. The summed E-state index contributed by atoms with van der Waals surface area (Å²) in [6.45, 7) is -0.363. The number of esters is 1. The Morgan fingerprint density at radius 3 is 2.62 bits per heavy atom. The highest BCUT2D eigenvalue weighted by molar-refractivity contribution is 6.07. The fourth-order valence-electron chi connectivity index (χ4n) is 3.10. The molecule has 0 saturated heterocycles. The summed E-state index contributed by atoms with van der Waals surface area (Å²) in [7, 11) is 0. The highest BCUT2D eigenvalue weighted by atomic mass is 16.6. The fraction of sp³-hybridized carbons (Fsp3) is 0.0870. The van der Waals surface area contributed by atoms with E-state index in [1.807, 2.05) is 36.4 Å². The van der Waals surface area contributed by atoms with Crippen LogP contribution < -0.4 is 10.4 Å². The third-order valence-corrected chi connectivity index (χ3v) is 4.44. The quantitative estimate of drug-likeness (QED) is 0.294. The first-order chi connectivity index (χ1) is 14.1. The van der Waals surface area contributed by atoms with Crippen LogP contribution in [0, 0.1) is 11.3 Å². The molecule has 4 rings (SSSR count). The molecule has 0 aliphatic rings. The van der Waals surface area contributed by atoms with Gasteiger partial charge in [0.15, 0.2) is 6.61 Å². The number of hydrogen-bond acceptors (Lipinski definition) is 6. The normalized spacial score (nSPS) is 10.6. The highest BCUT2D eigenvalue weighted by Crippen LogP contribution is 2.27. The van der Waals surface area contributed by atoms with E-state index < -0.39 is 11.6 Å². The third-order valence-electron chi connectivity index (χ3n) is 4.44. The number of nitrogens with zero attached hydrogens (tertiary/aromatic N) is 1. The van der Waals surface area contributed by atoms with Crippen LogP contribution in [0.15, 0.2) is 75.9 Å². The molecule has 6 heteroatoms. The Hall–Kier alpha value is -4.11. The molecule has 0 radical (unpaired) electrons. The standard InChI is InChI=1S/C23H15NO5/c24-12-15-5-8-18(9-6-15)27-14-22(26)28-13-17-11-21(25)29-20-10-7-16-3-1-2-4-19(16)23(17)20/h1-11H,13-14H2. The van der Waals surface area contributed by atoms with Crippen molar-refractivity contribution >= 4 is 27.7 Å². The molecule has 0 unspecified atom stereocenters. The van der Waals surface area contributed by atoms with E-state index in [2.05, 4.69) is 0 Å². The number of hydrogen-bond donors (Lipinski definition) is 0. The van der Waals surface area contributed by atoms with Gasteiger partial charge in [-0.25, -0.2) is 9.59 Å². The predicted molar refractivity (Wildman–Crippen MR) is 106 cm³/mol. The van der Waals surface area contributed by atoms with Gasteiger partial charge in [0.1, 0.15) is 17.9 Å². The lowest BCUT2D eigenvalue weighted by Gasteiger charge is -2.10. The van der Waals surface area contributed by atoms with Crippen LogP contribution in [-0.2, 0) is 16.1 Å². The van der Waals surface area contributed by atoms with Crippen molar-refractivity contribution < 1.29 is 18.7 Å². The molecule has 0 aliphatic heterocycles. The van der Waals surface area contributed by atoms with Crippen molar-refractivity contribution in [3.05, 3.63) is 88.3 Å². The molecule has 29 heavy (non-hydrogen) atoms. The summed E-state index contributed by atoms with van der Waals surface area (Å²) in [5.74, 6) is -0.117. The highest BCUT2D eigenvalue weighted by Gasteiger charge is 2.12. The van der Waals surface area contributed by atoms with Crippen molar-refractivity contribution in [1.29, 1.82) is 5.26 Å². The number of nitriles is 1. The Kier molecular flexibility index (Phi) is 4.95. The van der Waals surface area contributed by atoms with Gasteiger partial charge in [-0.2, -0.15) is 5.26 Å². The van der Waals surface area contributed by atoms with Gasteiger partial charge < -0.3 is 13.9 Å². The van der Waals surface area contributed by atoms with Gasteiger partial charge in [-0.15, -0.1) is 0 Å². The lowest BCUT2D eigenvalue weighted by atomic mass is 10.0. The molecule has 0 saturated carbocycles. The van der Waals surface area contributed by atoms with Crippen molar-refractivity contribution in [3.8, 4) is 11.8 Å². The van der Waals surface area contributed by atoms with Crippen molar-refractivity contribution in [2.24, 2.45) is 0 Å². The summed E-state index contributed by atoms with van der Waals surface area (Å²) in [6.07, 6.45) is 0. The van der Waals surface area contributed by atoms with E-state index in [1.165, 1.54) is 6.07 Å². The molecule has 0 fully saturated rings. The molecule has 0 amide bonds. The van der Waals surface area contributed by atoms with Gasteiger partial charge in [-0.1, -0.05) is 30.3 Å². The molecule has 0 spiro atoms. The van der Waals surface area contributed by atoms with Gasteiger partial charge in [0.05, 0.1) is 11.6 Å². The van der Waals surface area contributed by atoms with Gasteiger partial charge in [-0.05, 0) is 41.1 Å². The zero-order valence-corrected chi connectivity index (χ0v) is 15.3. The summed E-state index contributed by atoms with van der Waals surface area (Å²) in [6, 6.07) is 21.1. The van der Waals surface area contributed by atoms with E-state index in [9.17, 15) is 9.59 Å². The van der Waals surface area contributed by atoms with E-state index in [4.69, 9.17) is 19.2 Å². The Morgan fingerprint density at radius 2 is 1.83 bits per heavy atom. The second-order valence-electron chi connectivity index (χ2n) is 6.34. The Morgan fingerprint density at radius 1 is 1.03 bits per heavy atom. The molecule has 3 aromatic carbocycles. The maximum absolute atomic E-state index is 12.1. The molecule has 0 N–H and O–H groups in total. The van der Waals surface area contributed by atoms with E-state index in [1.54, 1.807) is 30.3 Å². The molecular formula is C23H15NO5. The van der Waals surface area contributed by atoms with Crippen molar-refractivity contribution in [2.75, 3.05) is 6.61 Å². The lowest BCUT2D eigenvalue weighted by molar-refractivity contribution is -0.147. The number of fused-ring (bicyclic) bond motifs is 3. The minimum absolute atomic E-state index is 0.0777. The first kappa shape index (κ1) is 18.3. The molecule has 4 aromatic rings. The molecule has 6 nitrogen and oxygen atoms in total. The predicted octanol–water partition coefficient (Wildman–Crippen LogP) is 3.94. The zero-order chi connectivity index (χ0) is 20.2. The molecule has 0 atom stereocenters. The topological polar surface area (TPSA) is 89.5 Å². The SMILES string of the molecule is N#Cc1ccc(OCC(=O)OCc2cc(=O)oc3ccc4ccccc4c23)cc1. The lowest BCUT2D eigenvalue weighted by Crippen LogP contribution is -2.15. The maximum Gasteiger partial charge on any atom is 0.344 e. The van der Waals surface area contributed by atoms with Gasteiger partial charge >= 0.3 is 11.6 Å². The Bertz CT molecular complexity index is 1300. The fourth-order valence-corrected chi connectivity index (χ4v) is 3.10. The van der Waals surface area contributed by atoms with Crippen LogP contribution in [0.5, 0.6) is 5.75 Å². The van der Waals surface area contributed by atoms with Gasteiger partial charge in [0, 0.05) is 17.0 Å². The summed E-state index contributed by atoms with van der Waals surface area (Å²) in [5.41, 5.74) is 1.01. The van der Waals surface area contributed by atoms with E-state index in [0.29, 0.717) is 22.5 Å². The Balaban J connectivity index is 1.51. The molecule has 1 aromatic heterocycles. The van der Waals surface area contributed by atoms with Crippen LogP contribution in [0.1, 0.15) is 11.1 Å². The number of rotatable bonds is 5. The van der Waals surface area contributed by atoms with Crippen LogP contribution in [0.4, 0.5) is 0 Å². The molecule has 0 aliphatic carbocycles. The van der Waals surface area contributed by atoms with Gasteiger partial charge in [0.2, 0.25) is 0 Å². The van der Waals surface area contributed by atoms with Crippen LogP contribution in [0.3, 0.4) is 0 Å². The second kappa shape index (κ2) is 7.87. The Labute approximate surface area is 165 Å². The van der Waals surface area contributed by atoms with Gasteiger partial charge in [0.25, 0.3) is 0 Å². The molecule has 142 valence electrons. The third kappa shape index (κ3) is 3.94. The van der Waals surface area contributed by atoms with Crippen molar-refractivity contribution in [2.45, 2.75) is 6.61 Å². The summed E-state index contributed by atoms with van der Waals surface area (Å²) in [4.78, 5) is 24.0. The number of ether oxygens (including phenoxy) is 2.